The number of hydrogen-bond donors (Lipinski definition) is 1. The van der Waals surface area contributed by atoms with Gasteiger partial charge >= 0.3 is 0 Å². The topological polar surface area (TPSA) is 70.1 Å². The molecule has 0 aromatic heterocycles. The van der Waals surface area contributed by atoms with Gasteiger partial charge in [0.05, 0.1) is 28.3 Å². The van der Waals surface area contributed by atoms with Crippen LogP contribution in [0, 0.1) is 25.2 Å². The third kappa shape index (κ3) is 4.98. The van der Waals surface area contributed by atoms with Crippen molar-refractivity contribution < 1.29 is 4.79 Å². The summed E-state index contributed by atoms with van der Waals surface area (Å²) in [6, 6.07) is 26.3. The van der Waals surface area contributed by atoms with Crippen LogP contribution < -0.4 is 10.6 Å². The number of nitrogens with two attached hydrogens (primary N) is 1. The van der Waals surface area contributed by atoms with E-state index in [9.17, 15) is 10.1 Å². The van der Waals surface area contributed by atoms with Gasteiger partial charge in [-0.15, -0.1) is 11.8 Å². The standard InChI is InChI=1S/C35H29Cl2N3OS/c1-20-15-23(19-42-32-17-24(36)13-14-28(32)37)21(2)26(16-20)33-27(18-38)35(39)40(30-11-6-12-31(41)34(30)33)29-10-5-8-22-7-3-4-9-25(22)29/h3-5,7-10,13-17,33H,6,11-12,19,39H2,1-2H3. The Hall–Kier alpha value is -3.69. The van der Waals surface area contributed by atoms with Gasteiger partial charge in [0.2, 0.25) is 0 Å². The summed E-state index contributed by atoms with van der Waals surface area (Å²) in [5.41, 5.74) is 14.0. The van der Waals surface area contributed by atoms with Gasteiger partial charge in [0.25, 0.3) is 0 Å². The molecule has 0 spiro atoms. The number of allylic oxidation sites excluding steroid dienone is 3. The molecule has 4 nitrogen and oxygen atoms in total. The number of carbonyl (C=O) groups excluding carboxylic acids is 1. The summed E-state index contributed by atoms with van der Waals surface area (Å²) in [5, 5.41) is 14.0. The Morgan fingerprint density at radius 2 is 1.81 bits per heavy atom. The Morgan fingerprint density at radius 1 is 1.02 bits per heavy atom. The van der Waals surface area contributed by atoms with Gasteiger partial charge in [0, 0.05) is 38.7 Å². The van der Waals surface area contributed by atoms with Crippen molar-refractivity contribution >= 4 is 57.2 Å². The van der Waals surface area contributed by atoms with E-state index >= 15 is 0 Å². The molecule has 1 aliphatic carbocycles. The number of benzene rings is 4. The minimum atomic E-state index is -0.526. The molecule has 0 saturated carbocycles. The van der Waals surface area contributed by atoms with Gasteiger partial charge in [-0.25, -0.2) is 0 Å². The number of halogens is 2. The zero-order chi connectivity index (χ0) is 29.5. The number of aryl methyl sites for hydroxylation is 1. The molecule has 1 aliphatic heterocycles. The predicted molar refractivity (Wildman–Crippen MR) is 174 cm³/mol. The fourth-order valence-corrected chi connectivity index (χ4v) is 7.78. The van der Waals surface area contributed by atoms with Gasteiger partial charge < -0.3 is 5.73 Å². The van der Waals surface area contributed by atoms with Gasteiger partial charge in [-0.3, -0.25) is 9.69 Å². The van der Waals surface area contributed by atoms with Crippen LogP contribution in [0.4, 0.5) is 5.69 Å². The summed E-state index contributed by atoms with van der Waals surface area (Å²) in [4.78, 5) is 16.7. The van der Waals surface area contributed by atoms with Crippen molar-refractivity contribution in [3.05, 3.63) is 128 Å². The minimum Gasteiger partial charge on any atom is -0.384 e. The normalized spacial score (nSPS) is 17.1. The summed E-state index contributed by atoms with van der Waals surface area (Å²) in [7, 11) is 0. The Balaban J connectivity index is 1.50. The molecule has 4 aromatic carbocycles. The third-order valence-corrected chi connectivity index (χ3v) is 9.99. The number of rotatable bonds is 5. The maximum atomic E-state index is 13.8. The lowest BCUT2D eigenvalue weighted by Gasteiger charge is -2.40. The molecule has 4 aromatic rings. The average Bonchev–Trinajstić information content (AvgIpc) is 2.98. The van der Waals surface area contributed by atoms with Crippen LogP contribution in [0.25, 0.3) is 10.8 Å². The van der Waals surface area contributed by atoms with Gasteiger partial charge in [-0.2, -0.15) is 5.26 Å². The number of hydrogen-bond acceptors (Lipinski definition) is 5. The fourth-order valence-electron chi connectivity index (χ4n) is 6.23. The second-order valence-corrected chi connectivity index (χ2v) is 12.7. The van der Waals surface area contributed by atoms with E-state index in [1.807, 2.05) is 42.2 Å². The summed E-state index contributed by atoms with van der Waals surface area (Å²) in [6.07, 6.45) is 1.91. The van der Waals surface area contributed by atoms with E-state index in [1.165, 1.54) is 0 Å². The maximum absolute atomic E-state index is 13.8. The Kier molecular flexibility index (Phi) is 7.81. The van der Waals surface area contributed by atoms with Crippen LogP contribution in [0.1, 0.15) is 47.4 Å². The molecule has 0 radical (unpaired) electrons. The van der Waals surface area contributed by atoms with Crippen LogP contribution in [0.2, 0.25) is 10.0 Å². The first-order valence-corrected chi connectivity index (χ1v) is 15.6. The highest BCUT2D eigenvalue weighted by Gasteiger charge is 2.41. The monoisotopic (exact) mass is 609 g/mol. The van der Waals surface area contributed by atoms with Crippen LogP contribution in [0.5, 0.6) is 0 Å². The summed E-state index contributed by atoms with van der Waals surface area (Å²) >= 11 is 14.3. The predicted octanol–water partition coefficient (Wildman–Crippen LogP) is 9.36. The lowest BCUT2D eigenvalue weighted by Crippen LogP contribution is -2.39. The average molecular weight is 611 g/mol. The molecule has 0 saturated heterocycles. The van der Waals surface area contributed by atoms with E-state index in [4.69, 9.17) is 28.9 Å². The first kappa shape index (κ1) is 28.4. The fraction of sp³-hybridized carbons (Fsp3) is 0.200. The van der Waals surface area contributed by atoms with Gasteiger partial charge in [0.1, 0.15) is 5.82 Å². The van der Waals surface area contributed by atoms with Crippen molar-refractivity contribution in [1.29, 1.82) is 5.26 Å². The molecule has 0 amide bonds. The van der Waals surface area contributed by atoms with Gasteiger partial charge in [-0.05, 0) is 73.0 Å². The molecule has 0 fully saturated rings. The number of fused-ring (bicyclic) bond motifs is 1. The zero-order valence-electron chi connectivity index (χ0n) is 23.4. The number of nitrogens with zero attached hydrogens (tertiary/aromatic N) is 2. The zero-order valence-corrected chi connectivity index (χ0v) is 25.7. The number of Topliss-reactive ketones (excluding diaryl/α,β-unsaturated/α-hetero) is 1. The number of thioether (sulfide) groups is 1. The van der Waals surface area contributed by atoms with E-state index in [1.54, 1.807) is 23.9 Å². The van der Waals surface area contributed by atoms with Crippen LogP contribution >= 0.6 is 35.0 Å². The molecular weight excluding hydrogens is 581 g/mol. The lowest BCUT2D eigenvalue weighted by atomic mass is 9.73. The number of ketones is 1. The van der Waals surface area contributed by atoms with Crippen LogP contribution in [0.15, 0.2) is 100 Å². The Labute approximate surface area is 260 Å². The molecule has 6 rings (SSSR count). The second kappa shape index (κ2) is 11.5. The van der Waals surface area contributed by atoms with Crippen molar-refractivity contribution in [2.24, 2.45) is 5.73 Å². The van der Waals surface area contributed by atoms with Gasteiger partial charge in [-0.1, -0.05) is 77.3 Å². The maximum Gasteiger partial charge on any atom is 0.161 e. The summed E-state index contributed by atoms with van der Waals surface area (Å²) < 4.78 is 0. The molecule has 7 heteroatoms. The van der Waals surface area contributed by atoms with Crippen LogP contribution in [-0.4, -0.2) is 5.78 Å². The summed E-state index contributed by atoms with van der Waals surface area (Å²) in [6.45, 7) is 4.12. The molecule has 1 unspecified atom stereocenters. The first-order chi connectivity index (χ1) is 20.3. The third-order valence-electron chi connectivity index (χ3n) is 8.21. The summed E-state index contributed by atoms with van der Waals surface area (Å²) in [5.74, 6) is 0.600. The number of anilines is 1. The van der Waals surface area contributed by atoms with E-state index in [2.05, 4.69) is 43.3 Å². The van der Waals surface area contributed by atoms with Crippen molar-refractivity contribution in [2.75, 3.05) is 4.90 Å². The first-order valence-electron chi connectivity index (χ1n) is 13.9. The highest BCUT2D eigenvalue weighted by Crippen LogP contribution is 2.48. The lowest BCUT2D eigenvalue weighted by molar-refractivity contribution is -0.116. The number of nitriles is 1. The van der Waals surface area contributed by atoms with Crippen molar-refractivity contribution in [2.45, 2.75) is 49.7 Å². The van der Waals surface area contributed by atoms with E-state index in [-0.39, 0.29) is 5.78 Å². The smallest absolute Gasteiger partial charge is 0.161 e. The molecule has 2 aliphatic rings. The Morgan fingerprint density at radius 3 is 2.62 bits per heavy atom. The molecule has 210 valence electrons. The van der Waals surface area contributed by atoms with E-state index in [0.29, 0.717) is 45.6 Å². The molecule has 42 heavy (non-hydrogen) atoms. The quantitative estimate of drug-likeness (QED) is 0.228. The minimum absolute atomic E-state index is 0.0780. The second-order valence-electron chi connectivity index (χ2n) is 10.8. The van der Waals surface area contributed by atoms with Gasteiger partial charge in [0.15, 0.2) is 5.78 Å². The largest absolute Gasteiger partial charge is 0.384 e. The highest BCUT2D eigenvalue weighted by atomic mass is 35.5. The molecule has 2 N–H and O–H groups in total. The van der Waals surface area contributed by atoms with E-state index in [0.717, 1.165) is 55.7 Å². The Bertz CT molecular complexity index is 1870. The van der Waals surface area contributed by atoms with E-state index < -0.39 is 5.92 Å². The molecule has 1 atom stereocenters. The molecule has 0 bridgehead atoms. The van der Waals surface area contributed by atoms with Crippen LogP contribution in [0.3, 0.4) is 0 Å². The van der Waals surface area contributed by atoms with Crippen molar-refractivity contribution in [3.8, 4) is 6.07 Å². The highest BCUT2D eigenvalue weighted by molar-refractivity contribution is 7.98. The van der Waals surface area contributed by atoms with Crippen molar-refractivity contribution in [1.82, 2.24) is 0 Å². The molecular formula is C35H29Cl2N3OS. The SMILES string of the molecule is Cc1cc(CSc2cc(Cl)ccc2Cl)c(C)c(C2C(C#N)=C(N)N(c3cccc4ccccc34)C3=C2C(=O)CCC3)c1. The molecule has 1 heterocycles. The number of carbonyl (C=O) groups is 1. The van der Waals surface area contributed by atoms with Crippen LogP contribution in [-0.2, 0) is 10.5 Å². The van der Waals surface area contributed by atoms with Crippen molar-refractivity contribution in [3.63, 3.8) is 0 Å².